The number of rotatable bonds is 4. The molecular formula is C18H23F3N2O2. The number of halogens is 3. The van der Waals surface area contributed by atoms with E-state index in [2.05, 4.69) is 0 Å². The molecule has 1 heterocycles. The van der Waals surface area contributed by atoms with Gasteiger partial charge in [0, 0.05) is 37.5 Å². The molecule has 1 aromatic rings. The lowest BCUT2D eigenvalue weighted by Crippen LogP contribution is -2.62. The molecular weight excluding hydrogens is 333 g/mol. The second kappa shape index (κ2) is 7.56. The van der Waals surface area contributed by atoms with Gasteiger partial charge in [-0.3, -0.25) is 14.5 Å². The molecule has 0 bridgehead atoms. The molecule has 0 aromatic heterocycles. The van der Waals surface area contributed by atoms with Crippen LogP contribution < -0.4 is 0 Å². The third-order valence-corrected chi connectivity index (χ3v) is 4.73. The molecule has 7 heteroatoms. The van der Waals surface area contributed by atoms with Crippen molar-refractivity contribution in [2.75, 3.05) is 20.1 Å². The first-order valence-electron chi connectivity index (χ1n) is 8.26. The minimum absolute atomic E-state index is 0.000695. The van der Waals surface area contributed by atoms with Crippen LogP contribution in [0.1, 0.15) is 35.7 Å². The van der Waals surface area contributed by atoms with Gasteiger partial charge < -0.3 is 4.90 Å². The Bertz CT molecular complexity index is 628. The van der Waals surface area contributed by atoms with Crippen molar-refractivity contribution in [2.45, 2.75) is 44.9 Å². The van der Waals surface area contributed by atoms with E-state index in [4.69, 9.17) is 0 Å². The van der Waals surface area contributed by atoms with Gasteiger partial charge in [-0.1, -0.05) is 29.8 Å². The maximum atomic E-state index is 13.1. The van der Waals surface area contributed by atoms with Gasteiger partial charge in [-0.25, -0.2) is 0 Å². The summed E-state index contributed by atoms with van der Waals surface area (Å²) in [5.74, 6) is -0.586. The first kappa shape index (κ1) is 19.4. The van der Waals surface area contributed by atoms with Crippen LogP contribution in [0.3, 0.4) is 0 Å². The molecule has 0 saturated carbocycles. The van der Waals surface area contributed by atoms with Gasteiger partial charge in [0.05, 0.1) is 0 Å². The van der Waals surface area contributed by atoms with Gasteiger partial charge in [-0.15, -0.1) is 0 Å². The lowest BCUT2D eigenvalue weighted by molar-refractivity contribution is -0.201. The highest BCUT2D eigenvalue weighted by molar-refractivity contribution is 5.98. The maximum Gasteiger partial charge on any atom is 0.405 e. The van der Waals surface area contributed by atoms with E-state index in [0.717, 1.165) is 5.56 Å². The standard InChI is InChI=1S/C18H23F3N2O2/c1-12-4-6-14(7-5-12)15(24)8-9-17(25)23-10-13(2)22(3)16(11-23)18(19,20)21/h4-7,13,16H,8-11H2,1-3H3. The number of piperazine rings is 1. The summed E-state index contributed by atoms with van der Waals surface area (Å²) in [6.07, 6.45) is -4.47. The summed E-state index contributed by atoms with van der Waals surface area (Å²) in [6, 6.07) is 4.94. The van der Waals surface area contributed by atoms with E-state index in [1.54, 1.807) is 19.1 Å². The molecule has 2 unspecified atom stereocenters. The summed E-state index contributed by atoms with van der Waals surface area (Å²) < 4.78 is 39.4. The Labute approximate surface area is 145 Å². The molecule has 1 aliphatic heterocycles. The Morgan fingerprint density at radius 2 is 1.72 bits per heavy atom. The quantitative estimate of drug-likeness (QED) is 0.779. The maximum absolute atomic E-state index is 13.1. The van der Waals surface area contributed by atoms with Crippen molar-refractivity contribution >= 4 is 11.7 Å². The predicted octanol–water partition coefficient (Wildman–Crippen LogP) is 3.05. The van der Waals surface area contributed by atoms with Crippen molar-refractivity contribution in [1.29, 1.82) is 0 Å². The summed E-state index contributed by atoms with van der Waals surface area (Å²) in [5, 5.41) is 0. The number of nitrogens with zero attached hydrogens (tertiary/aromatic N) is 2. The number of ketones is 1. The lowest BCUT2D eigenvalue weighted by atomic mass is 10.0. The van der Waals surface area contributed by atoms with Crippen LogP contribution in [-0.2, 0) is 4.79 Å². The molecule has 25 heavy (non-hydrogen) atoms. The topological polar surface area (TPSA) is 40.6 Å². The van der Waals surface area contributed by atoms with Crippen LogP contribution in [0.15, 0.2) is 24.3 Å². The van der Waals surface area contributed by atoms with Gasteiger partial charge in [-0.05, 0) is 20.9 Å². The zero-order valence-corrected chi connectivity index (χ0v) is 14.6. The molecule has 0 aliphatic carbocycles. The second-order valence-corrected chi connectivity index (χ2v) is 6.66. The van der Waals surface area contributed by atoms with Crippen molar-refractivity contribution < 1.29 is 22.8 Å². The van der Waals surface area contributed by atoms with Crippen molar-refractivity contribution in [1.82, 2.24) is 9.80 Å². The number of hydrogen-bond donors (Lipinski definition) is 0. The third kappa shape index (κ3) is 4.81. The second-order valence-electron chi connectivity index (χ2n) is 6.66. The fraction of sp³-hybridized carbons (Fsp3) is 0.556. The van der Waals surface area contributed by atoms with E-state index in [0.29, 0.717) is 5.56 Å². The lowest BCUT2D eigenvalue weighted by Gasteiger charge is -2.44. The number of alkyl halides is 3. The van der Waals surface area contributed by atoms with Crippen molar-refractivity contribution in [3.63, 3.8) is 0 Å². The van der Waals surface area contributed by atoms with Crippen LogP contribution in [0, 0.1) is 6.92 Å². The number of amides is 1. The zero-order chi connectivity index (χ0) is 18.8. The highest BCUT2D eigenvalue weighted by Gasteiger charge is 2.47. The molecule has 0 radical (unpaired) electrons. The largest absolute Gasteiger partial charge is 0.405 e. The fourth-order valence-electron chi connectivity index (χ4n) is 2.97. The van der Waals surface area contributed by atoms with Crippen LogP contribution in [0.4, 0.5) is 13.2 Å². The SMILES string of the molecule is Cc1ccc(C(=O)CCC(=O)N2CC(C)N(C)C(C(F)(F)F)C2)cc1. The minimum Gasteiger partial charge on any atom is -0.339 e. The van der Waals surface area contributed by atoms with E-state index in [1.807, 2.05) is 19.1 Å². The van der Waals surface area contributed by atoms with E-state index in [-0.39, 0.29) is 31.7 Å². The van der Waals surface area contributed by atoms with E-state index < -0.39 is 24.2 Å². The summed E-state index contributed by atoms with van der Waals surface area (Å²) in [5.41, 5.74) is 1.54. The summed E-state index contributed by atoms with van der Waals surface area (Å²) in [7, 11) is 1.42. The van der Waals surface area contributed by atoms with Crippen LogP contribution in [0.25, 0.3) is 0 Å². The van der Waals surface area contributed by atoms with Gasteiger partial charge >= 0.3 is 6.18 Å². The van der Waals surface area contributed by atoms with Gasteiger partial charge in [0.1, 0.15) is 6.04 Å². The summed E-state index contributed by atoms with van der Waals surface area (Å²) in [4.78, 5) is 26.9. The van der Waals surface area contributed by atoms with Crippen LogP contribution in [0.5, 0.6) is 0 Å². The first-order valence-corrected chi connectivity index (χ1v) is 8.26. The number of hydrogen-bond acceptors (Lipinski definition) is 3. The average molecular weight is 356 g/mol. The zero-order valence-electron chi connectivity index (χ0n) is 14.6. The van der Waals surface area contributed by atoms with Gasteiger partial charge in [0.25, 0.3) is 0 Å². The summed E-state index contributed by atoms with van der Waals surface area (Å²) >= 11 is 0. The number of benzene rings is 1. The minimum atomic E-state index is -4.39. The fourth-order valence-corrected chi connectivity index (χ4v) is 2.97. The first-order chi connectivity index (χ1) is 11.6. The van der Waals surface area contributed by atoms with Crippen LogP contribution in [0.2, 0.25) is 0 Å². The highest BCUT2D eigenvalue weighted by Crippen LogP contribution is 2.29. The third-order valence-electron chi connectivity index (χ3n) is 4.73. The van der Waals surface area contributed by atoms with Crippen molar-refractivity contribution in [3.05, 3.63) is 35.4 Å². The molecule has 1 aromatic carbocycles. The number of likely N-dealkylation sites (N-methyl/N-ethyl adjacent to an activating group) is 1. The van der Waals surface area contributed by atoms with E-state index >= 15 is 0 Å². The van der Waals surface area contributed by atoms with Crippen molar-refractivity contribution in [3.8, 4) is 0 Å². The molecule has 1 fully saturated rings. The van der Waals surface area contributed by atoms with Gasteiger partial charge in [-0.2, -0.15) is 13.2 Å². The molecule has 2 rings (SSSR count). The number of carbonyl (C=O) groups is 2. The Balaban J connectivity index is 1.96. The Morgan fingerprint density at radius 3 is 2.28 bits per heavy atom. The molecule has 0 spiro atoms. The molecule has 1 aliphatic rings. The predicted molar refractivity (Wildman–Crippen MR) is 88.4 cm³/mol. The van der Waals surface area contributed by atoms with Crippen molar-refractivity contribution in [2.24, 2.45) is 0 Å². The monoisotopic (exact) mass is 356 g/mol. The Kier molecular flexibility index (Phi) is 5.87. The summed E-state index contributed by atoms with van der Waals surface area (Å²) in [6.45, 7) is 3.42. The van der Waals surface area contributed by atoms with E-state index in [9.17, 15) is 22.8 Å². The molecule has 2 atom stereocenters. The van der Waals surface area contributed by atoms with Crippen LogP contribution in [-0.4, -0.2) is 59.9 Å². The number of aryl methyl sites for hydroxylation is 1. The van der Waals surface area contributed by atoms with Gasteiger partial charge in [0.2, 0.25) is 5.91 Å². The molecule has 1 saturated heterocycles. The smallest absolute Gasteiger partial charge is 0.339 e. The normalized spacial score (nSPS) is 22.1. The highest BCUT2D eigenvalue weighted by atomic mass is 19.4. The Morgan fingerprint density at radius 1 is 1.12 bits per heavy atom. The molecule has 138 valence electrons. The Hall–Kier alpha value is -1.89. The number of Topliss-reactive ketones (excluding diaryl/α,β-unsaturated/α-hetero) is 1. The van der Waals surface area contributed by atoms with E-state index in [1.165, 1.54) is 16.8 Å². The molecule has 4 nitrogen and oxygen atoms in total. The number of carbonyl (C=O) groups excluding carboxylic acids is 2. The average Bonchev–Trinajstić information content (AvgIpc) is 2.54. The van der Waals surface area contributed by atoms with Gasteiger partial charge in [0.15, 0.2) is 5.78 Å². The molecule has 0 N–H and O–H groups in total. The molecule has 1 amide bonds. The van der Waals surface area contributed by atoms with Crippen LogP contribution >= 0.6 is 0 Å².